The minimum absolute atomic E-state index is 0.00488. The number of fused-ring (bicyclic) bond motifs is 2. The number of carbonyl (C=O) groups excluding carboxylic acids is 2. The Morgan fingerprint density at radius 1 is 0.500 bits per heavy atom. The normalized spacial score (nSPS) is 18.8. The molecule has 0 spiro atoms. The van der Waals surface area contributed by atoms with Crippen molar-refractivity contribution >= 4 is 11.8 Å². The zero-order valence-corrected chi connectivity index (χ0v) is 20.1. The Kier molecular flexibility index (Phi) is 5.86. The number of hydrogen-bond acceptors (Lipinski definition) is 2. The third-order valence-electron chi connectivity index (χ3n) is 7.53. The smallest absolute Gasteiger partial charge is 0.254 e. The van der Waals surface area contributed by atoms with Crippen molar-refractivity contribution in [2.75, 3.05) is 13.1 Å². The van der Waals surface area contributed by atoms with E-state index in [4.69, 9.17) is 0 Å². The lowest BCUT2D eigenvalue weighted by Crippen LogP contribution is -2.50. The van der Waals surface area contributed by atoms with E-state index in [1.165, 1.54) is 11.1 Å². The van der Waals surface area contributed by atoms with E-state index in [1.54, 1.807) is 0 Å². The third kappa shape index (κ3) is 3.89. The molecule has 4 aromatic carbocycles. The number of benzene rings is 4. The fourth-order valence-corrected chi connectivity index (χ4v) is 5.83. The van der Waals surface area contributed by atoms with Crippen LogP contribution in [0.5, 0.6) is 0 Å². The first-order valence-corrected chi connectivity index (χ1v) is 12.6. The van der Waals surface area contributed by atoms with Gasteiger partial charge in [-0.25, -0.2) is 0 Å². The predicted octanol–water partition coefficient (Wildman–Crippen LogP) is 5.87. The lowest BCUT2D eigenvalue weighted by molar-refractivity contribution is 0.0349. The standard InChI is InChI=1S/C32H28N2O2/c35-31(25-13-3-1-4-14-25)33-21-19-23-11-7-9-17-27(23)29(33)30-28-18-10-8-12-24(28)20-22-34(30)32(36)26-15-5-2-6-16-26/h1-18,29-30H,19-22H2. The molecule has 2 heterocycles. The van der Waals surface area contributed by atoms with Crippen molar-refractivity contribution in [1.82, 2.24) is 9.80 Å². The molecule has 2 aliphatic heterocycles. The SMILES string of the molecule is O=C(c1ccccc1)N1CCc2ccccc2C1C1c2ccccc2CCN1C(=O)c1ccccc1. The second kappa shape index (κ2) is 9.46. The molecule has 36 heavy (non-hydrogen) atoms. The van der Waals surface area contributed by atoms with E-state index in [1.807, 2.05) is 82.6 Å². The van der Waals surface area contributed by atoms with Crippen molar-refractivity contribution in [3.63, 3.8) is 0 Å². The van der Waals surface area contributed by atoms with Crippen molar-refractivity contribution in [2.24, 2.45) is 0 Å². The third-order valence-corrected chi connectivity index (χ3v) is 7.53. The van der Waals surface area contributed by atoms with E-state index in [9.17, 15) is 9.59 Å². The molecule has 178 valence electrons. The van der Waals surface area contributed by atoms with Crippen molar-refractivity contribution in [3.05, 3.63) is 143 Å². The van der Waals surface area contributed by atoms with Crippen molar-refractivity contribution in [2.45, 2.75) is 24.9 Å². The van der Waals surface area contributed by atoms with Gasteiger partial charge < -0.3 is 9.80 Å². The summed E-state index contributed by atoms with van der Waals surface area (Å²) in [5.74, 6) is 0.00976. The highest BCUT2D eigenvalue weighted by Crippen LogP contribution is 2.46. The van der Waals surface area contributed by atoms with E-state index in [-0.39, 0.29) is 23.9 Å². The number of rotatable bonds is 3. The van der Waals surface area contributed by atoms with Crippen molar-refractivity contribution in [1.29, 1.82) is 0 Å². The van der Waals surface area contributed by atoms with E-state index in [0.29, 0.717) is 24.2 Å². The highest BCUT2D eigenvalue weighted by Gasteiger charge is 2.43. The predicted molar refractivity (Wildman–Crippen MR) is 141 cm³/mol. The van der Waals surface area contributed by atoms with E-state index in [2.05, 4.69) is 36.4 Å². The average molecular weight is 473 g/mol. The van der Waals surface area contributed by atoms with Crippen LogP contribution in [0.3, 0.4) is 0 Å². The fraction of sp³-hybridized carbons (Fsp3) is 0.188. The molecule has 4 nitrogen and oxygen atoms in total. The van der Waals surface area contributed by atoms with Gasteiger partial charge in [0.1, 0.15) is 0 Å². The van der Waals surface area contributed by atoms with Gasteiger partial charge in [-0.2, -0.15) is 0 Å². The molecular formula is C32H28N2O2. The van der Waals surface area contributed by atoms with Crippen LogP contribution >= 0.6 is 0 Å². The van der Waals surface area contributed by atoms with Crippen LogP contribution in [0.25, 0.3) is 0 Å². The van der Waals surface area contributed by atoms with Gasteiger partial charge in [-0.05, 0) is 59.4 Å². The van der Waals surface area contributed by atoms with Crippen molar-refractivity contribution < 1.29 is 9.59 Å². The quantitative estimate of drug-likeness (QED) is 0.374. The Morgan fingerprint density at radius 2 is 0.861 bits per heavy atom. The van der Waals surface area contributed by atoms with Gasteiger partial charge in [0, 0.05) is 24.2 Å². The maximum absolute atomic E-state index is 13.9. The Balaban J connectivity index is 1.52. The zero-order chi connectivity index (χ0) is 24.5. The molecule has 0 aromatic heterocycles. The van der Waals surface area contributed by atoms with Gasteiger partial charge >= 0.3 is 0 Å². The van der Waals surface area contributed by atoms with Crippen LogP contribution in [0, 0.1) is 0 Å². The van der Waals surface area contributed by atoms with Gasteiger partial charge in [0.2, 0.25) is 0 Å². The molecule has 2 amide bonds. The summed E-state index contributed by atoms with van der Waals surface area (Å²) >= 11 is 0. The number of hydrogen-bond donors (Lipinski definition) is 0. The fourth-order valence-electron chi connectivity index (χ4n) is 5.83. The van der Waals surface area contributed by atoms with Crippen molar-refractivity contribution in [3.8, 4) is 0 Å². The van der Waals surface area contributed by atoms with Gasteiger partial charge in [-0.15, -0.1) is 0 Å². The minimum atomic E-state index is -0.281. The summed E-state index contributed by atoms with van der Waals surface area (Å²) in [7, 11) is 0. The van der Waals surface area contributed by atoms with Gasteiger partial charge in [0.15, 0.2) is 0 Å². The second-order valence-electron chi connectivity index (χ2n) is 9.52. The van der Waals surface area contributed by atoms with Gasteiger partial charge in [0.05, 0.1) is 12.1 Å². The van der Waals surface area contributed by atoms with E-state index >= 15 is 0 Å². The molecule has 0 saturated carbocycles. The van der Waals surface area contributed by atoms with Crippen LogP contribution in [0.2, 0.25) is 0 Å². The van der Waals surface area contributed by atoms with Crippen LogP contribution in [-0.4, -0.2) is 34.7 Å². The van der Waals surface area contributed by atoms with E-state index < -0.39 is 0 Å². The summed E-state index contributed by atoms with van der Waals surface area (Å²) in [6.07, 6.45) is 1.60. The van der Waals surface area contributed by atoms with Crippen LogP contribution < -0.4 is 0 Å². The van der Waals surface area contributed by atoms with Gasteiger partial charge in [-0.3, -0.25) is 9.59 Å². The lowest BCUT2D eigenvalue weighted by Gasteiger charge is -2.48. The highest BCUT2D eigenvalue weighted by molar-refractivity contribution is 5.96. The van der Waals surface area contributed by atoms with Gasteiger partial charge in [0.25, 0.3) is 11.8 Å². The molecule has 0 bridgehead atoms. The minimum Gasteiger partial charge on any atom is -0.329 e. The molecule has 0 fully saturated rings. The number of nitrogens with zero attached hydrogens (tertiary/aromatic N) is 2. The van der Waals surface area contributed by atoms with Crippen LogP contribution in [-0.2, 0) is 12.8 Å². The topological polar surface area (TPSA) is 40.6 Å². The molecule has 2 atom stereocenters. The maximum atomic E-state index is 13.9. The molecule has 0 N–H and O–H groups in total. The highest BCUT2D eigenvalue weighted by atomic mass is 16.2. The van der Waals surface area contributed by atoms with Crippen LogP contribution in [0.15, 0.2) is 109 Å². The summed E-state index contributed by atoms with van der Waals surface area (Å²) in [5.41, 5.74) is 6.09. The largest absolute Gasteiger partial charge is 0.329 e. The maximum Gasteiger partial charge on any atom is 0.254 e. The molecule has 2 aliphatic rings. The Morgan fingerprint density at radius 3 is 1.28 bits per heavy atom. The first-order chi connectivity index (χ1) is 17.7. The summed E-state index contributed by atoms with van der Waals surface area (Å²) < 4.78 is 0. The number of carbonyl (C=O) groups is 2. The first-order valence-electron chi connectivity index (χ1n) is 12.6. The number of amides is 2. The monoisotopic (exact) mass is 472 g/mol. The average Bonchev–Trinajstić information content (AvgIpc) is 2.96. The molecular weight excluding hydrogens is 444 g/mol. The molecule has 0 saturated heterocycles. The molecule has 0 radical (unpaired) electrons. The van der Waals surface area contributed by atoms with Gasteiger partial charge in [-0.1, -0.05) is 84.9 Å². The summed E-state index contributed by atoms with van der Waals surface area (Å²) in [5, 5.41) is 0. The summed E-state index contributed by atoms with van der Waals surface area (Å²) in [6.45, 7) is 1.23. The Bertz CT molecular complexity index is 1290. The Labute approximate surface area is 211 Å². The first kappa shape index (κ1) is 22.3. The Hall–Kier alpha value is -4.18. The molecule has 4 heteroatoms. The van der Waals surface area contributed by atoms with E-state index in [0.717, 1.165) is 24.0 Å². The molecule has 0 aliphatic carbocycles. The molecule has 4 aromatic rings. The molecule has 6 rings (SSSR count). The zero-order valence-electron chi connectivity index (χ0n) is 20.1. The summed E-state index contributed by atoms with van der Waals surface area (Å²) in [4.78, 5) is 31.9. The summed E-state index contributed by atoms with van der Waals surface area (Å²) in [6, 6.07) is 35.2. The lowest BCUT2D eigenvalue weighted by atomic mass is 9.80. The second-order valence-corrected chi connectivity index (χ2v) is 9.52. The molecule has 2 unspecified atom stereocenters. The van der Waals surface area contributed by atoms with Crippen LogP contribution in [0.4, 0.5) is 0 Å². The van der Waals surface area contributed by atoms with Crippen LogP contribution in [0.1, 0.15) is 55.1 Å².